The number of aryl methyl sites for hydroxylation is 1. The van der Waals surface area contributed by atoms with E-state index in [-0.39, 0.29) is 29.3 Å². The molecule has 8 nitrogen and oxygen atoms in total. The van der Waals surface area contributed by atoms with E-state index < -0.39 is 28.0 Å². The second kappa shape index (κ2) is 6.95. The molecule has 1 amide bonds. The first-order valence-electron chi connectivity index (χ1n) is 10.4. The van der Waals surface area contributed by atoms with Crippen LogP contribution < -0.4 is 10.2 Å². The Labute approximate surface area is 180 Å². The lowest BCUT2D eigenvalue weighted by Crippen LogP contribution is -2.56. The van der Waals surface area contributed by atoms with Gasteiger partial charge in [-0.15, -0.1) is 0 Å². The summed E-state index contributed by atoms with van der Waals surface area (Å²) in [6.45, 7) is 8.07. The molecule has 31 heavy (non-hydrogen) atoms. The number of carbonyl (C=O) groups excluding carboxylic acids is 1. The molecule has 3 atom stereocenters. The predicted octanol–water partition coefficient (Wildman–Crippen LogP) is 3.09. The van der Waals surface area contributed by atoms with Crippen LogP contribution in [0.15, 0.2) is 36.4 Å². The van der Waals surface area contributed by atoms with Crippen molar-refractivity contribution in [2.75, 3.05) is 11.4 Å². The van der Waals surface area contributed by atoms with Gasteiger partial charge in [-0.3, -0.25) is 14.9 Å². The smallest absolute Gasteiger partial charge is 0.269 e. The van der Waals surface area contributed by atoms with Gasteiger partial charge < -0.3 is 20.4 Å². The highest BCUT2D eigenvalue weighted by Crippen LogP contribution is 2.60. The highest BCUT2D eigenvalue weighted by Gasteiger charge is 2.65. The van der Waals surface area contributed by atoms with E-state index in [2.05, 4.69) is 5.32 Å². The van der Waals surface area contributed by atoms with Crippen LogP contribution in [0, 0.1) is 17.0 Å². The van der Waals surface area contributed by atoms with Gasteiger partial charge in [-0.25, -0.2) is 0 Å². The molecule has 0 aromatic heterocycles. The molecule has 1 fully saturated rings. The molecule has 164 valence electrons. The van der Waals surface area contributed by atoms with Gasteiger partial charge in [-0.2, -0.15) is 0 Å². The Hall–Kier alpha value is -3.13. The van der Waals surface area contributed by atoms with Crippen LogP contribution in [0.1, 0.15) is 49.8 Å². The van der Waals surface area contributed by atoms with Gasteiger partial charge in [0.05, 0.1) is 4.92 Å². The van der Waals surface area contributed by atoms with Crippen molar-refractivity contribution in [3.05, 3.63) is 63.2 Å². The SMILES string of the molecule is CCNC(=O)[C@H]1[C@H](c2cc([N+](=O)[O-])ccc2O)CC2(O)N1c1ccc(C)cc1C2(C)C. The lowest BCUT2D eigenvalue weighted by Gasteiger charge is -2.39. The van der Waals surface area contributed by atoms with E-state index in [1.165, 1.54) is 18.2 Å². The molecule has 4 rings (SSSR count). The number of phenols is 1. The first kappa shape index (κ1) is 21.1. The minimum Gasteiger partial charge on any atom is -0.508 e. The van der Waals surface area contributed by atoms with Crippen molar-refractivity contribution in [2.45, 2.75) is 57.2 Å². The summed E-state index contributed by atoms with van der Waals surface area (Å²) in [5.74, 6) is -1.06. The number of nitrogens with one attached hydrogen (secondary N) is 1. The van der Waals surface area contributed by atoms with Crippen molar-refractivity contribution >= 4 is 17.3 Å². The normalized spacial score (nSPS) is 25.8. The number of aromatic hydroxyl groups is 1. The molecule has 3 N–H and O–H groups in total. The van der Waals surface area contributed by atoms with E-state index in [0.717, 1.165) is 16.8 Å². The first-order valence-corrected chi connectivity index (χ1v) is 10.4. The van der Waals surface area contributed by atoms with Crippen LogP contribution in [-0.4, -0.2) is 39.4 Å². The average molecular weight is 425 g/mol. The predicted molar refractivity (Wildman–Crippen MR) is 116 cm³/mol. The monoisotopic (exact) mass is 425 g/mol. The third-order valence-corrected chi connectivity index (χ3v) is 6.89. The number of amides is 1. The third kappa shape index (κ3) is 2.89. The Morgan fingerprint density at radius 2 is 2.00 bits per heavy atom. The number of benzene rings is 2. The zero-order valence-corrected chi connectivity index (χ0v) is 18.0. The average Bonchev–Trinajstić information content (AvgIpc) is 3.10. The molecule has 1 saturated heterocycles. The molecule has 2 heterocycles. The molecule has 0 radical (unpaired) electrons. The Balaban J connectivity index is 1.93. The zero-order chi connectivity index (χ0) is 22.7. The van der Waals surface area contributed by atoms with E-state index in [4.69, 9.17) is 0 Å². The summed E-state index contributed by atoms with van der Waals surface area (Å²) in [5.41, 5.74) is 0.784. The number of non-ortho nitro benzene ring substituents is 1. The fraction of sp³-hybridized carbons (Fsp3) is 0.435. The highest BCUT2D eigenvalue weighted by atomic mass is 16.6. The summed E-state index contributed by atoms with van der Waals surface area (Å²) in [6, 6.07) is 8.85. The fourth-order valence-electron chi connectivity index (χ4n) is 5.22. The Kier molecular flexibility index (Phi) is 4.73. The largest absolute Gasteiger partial charge is 0.508 e. The Bertz CT molecular complexity index is 1080. The van der Waals surface area contributed by atoms with Gasteiger partial charge in [0.1, 0.15) is 17.5 Å². The molecule has 2 aromatic rings. The van der Waals surface area contributed by atoms with Crippen molar-refractivity contribution in [3.63, 3.8) is 0 Å². The fourth-order valence-corrected chi connectivity index (χ4v) is 5.22. The second-order valence-electron chi connectivity index (χ2n) is 8.98. The van der Waals surface area contributed by atoms with Crippen LogP contribution in [0.2, 0.25) is 0 Å². The molecule has 0 bridgehead atoms. The van der Waals surface area contributed by atoms with Crippen LogP contribution in [-0.2, 0) is 10.2 Å². The van der Waals surface area contributed by atoms with Crippen molar-refractivity contribution < 1.29 is 19.9 Å². The number of hydrogen-bond donors (Lipinski definition) is 3. The number of fused-ring (bicyclic) bond motifs is 3. The van der Waals surface area contributed by atoms with Gasteiger partial charge in [-0.1, -0.05) is 31.5 Å². The van der Waals surface area contributed by atoms with Crippen molar-refractivity contribution in [1.29, 1.82) is 0 Å². The molecule has 2 aliphatic heterocycles. The summed E-state index contributed by atoms with van der Waals surface area (Å²) in [4.78, 5) is 25.8. The maximum absolute atomic E-state index is 13.3. The van der Waals surface area contributed by atoms with Crippen LogP contribution in [0.5, 0.6) is 5.75 Å². The number of aliphatic hydroxyl groups is 1. The lowest BCUT2D eigenvalue weighted by atomic mass is 9.74. The Morgan fingerprint density at radius 3 is 2.65 bits per heavy atom. The summed E-state index contributed by atoms with van der Waals surface area (Å²) in [7, 11) is 0. The van der Waals surface area contributed by atoms with Crippen LogP contribution in [0.4, 0.5) is 11.4 Å². The quantitative estimate of drug-likeness (QED) is 0.512. The summed E-state index contributed by atoms with van der Waals surface area (Å²) in [5, 5.41) is 36.7. The maximum Gasteiger partial charge on any atom is 0.269 e. The number of nitro benzene ring substituents is 1. The number of anilines is 1. The Morgan fingerprint density at radius 1 is 1.29 bits per heavy atom. The van der Waals surface area contributed by atoms with Crippen LogP contribution in [0.3, 0.4) is 0 Å². The standard InChI is InChI=1S/C23H27N3O5/c1-5-24-21(28)20-16(15-11-14(26(30)31)7-9-19(15)27)12-23(29)22(3,4)17-10-13(2)6-8-18(17)25(20)23/h6-11,16,20,27,29H,5,12H2,1-4H3,(H,24,28)/t16-,20+,23?/m0/s1. The minimum absolute atomic E-state index is 0.128. The van der Waals surface area contributed by atoms with E-state index >= 15 is 0 Å². The van der Waals surface area contributed by atoms with Gasteiger partial charge in [-0.05, 0) is 31.5 Å². The van der Waals surface area contributed by atoms with Gasteiger partial charge in [0.2, 0.25) is 5.91 Å². The minimum atomic E-state index is -1.40. The number of likely N-dealkylation sites (N-methyl/N-ethyl adjacent to an activating group) is 1. The number of nitrogens with zero attached hydrogens (tertiary/aromatic N) is 2. The van der Waals surface area contributed by atoms with E-state index in [0.29, 0.717) is 6.54 Å². The number of rotatable bonds is 4. The molecule has 0 saturated carbocycles. The highest BCUT2D eigenvalue weighted by molar-refractivity contribution is 5.90. The van der Waals surface area contributed by atoms with Gasteiger partial charge in [0, 0.05) is 47.7 Å². The summed E-state index contributed by atoms with van der Waals surface area (Å²) in [6.07, 6.45) is 0.143. The van der Waals surface area contributed by atoms with Crippen LogP contribution >= 0.6 is 0 Å². The number of phenolic OH excluding ortho intramolecular Hbond substituents is 1. The molecule has 2 aliphatic rings. The van der Waals surface area contributed by atoms with Crippen LogP contribution in [0.25, 0.3) is 0 Å². The van der Waals surface area contributed by atoms with Gasteiger partial charge >= 0.3 is 0 Å². The molecular weight excluding hydrogens is 398 g/mol. The molecule has 1 unspecified atom stereocenters. The molecular formula is C23H27N3O5. The molecule has 0 aliphatic carbocycles. The second-order valence-corrected chi connectivity index (χ2v) is 8.98. The number of hydrogen-bond acceptors (Lipinski definition) is 6. The lowest BCUT2D eigenvalue weighted by molar-refractivity contribution is -0.385. The summed E-state index contributed by atoms with van der Waals surface area (Å²) >= 11 is 0. The number of nitro groups is 1. The maximum atomic E-state index is 13.3. The van der Waals surface area contributed by atoms with Gasteiger partial charge in [0.25, 0.3) is 5.69 Å². The zero-order valence-electron chi connectivity index (χ0n) is 18.0. The van der Waals surface area contributed by atoms with Gasteiger partial charge in [0.15, 0.2) is 0 Å². The van der Waals surface area contributed by atoms with Crippen molar-refractivity contribution in [3.8, 4) is 5.75 Å². The topological polar surface area (TPSA) is 116 Å². The molecule has 0 spiro atoms. The number of carbonyl (C=O) groups is 1. The summed E-state index contributed by atoms with van der Waals surface area (Å²) < 4.78 is 0. The third-order valence-electron chi connectivity index (χ3n) is 6.89. The van der Waals surface area contributed by atoms with Crippen molar-refractivity contribution in [2.24, 2.45) is 0 Å². The molecule has 8 heteroatoms. The van der Waals surface area contributed by atoms with Crippen molar-refractivity contribution in [1.82, 2.24) is 5.32 Å². The first-order chi connectivity index (χ1) is 14.5. The molecule has 2 aromatic carbocycles. The van der Waals surface area contributed by atoms with E-state index in [1.54, 1.807) is 4.90 Å². The van der Waals surface area contributed by atoms with E-state index in [9.17, 15) is 25.1 Å². The van der Waals surface area contributed by atoms with E-state index in [1.807, 2.05) is 45.9 Å².